The number of ether oxygens (including phenoxy) is 3. The maximum atomic E-state index is 12.8. The lowest BCUT2D eigenvalue weighted by atomic mass is 10.00. The third-order valence-corrected chi connectivity index (χ3v) is 9.16. The quantitative estimate of drug-likeness (QED) is 0.0634. The number of aromatic amines is 1. The van der Waals surface area contributed by atoms with Crippen molar-refractivity contribution in [3.05, 3.63) is 62.9 Å². The van der Waals surface area contributed by atoms with Crippen LogP contribution in [0.2, 0.25) is 0 Å². The minimum atomic E-state index is -5.68. The number of nitrogens with one attached hydrogen (secondary N) is 1. The molecular weight excluding hydrogens is 656 g/mol. The first-order valence-corrected chi connectivity index (χ1v) is 15.7. The van der Waals surface area contributed by atoms with Crippen molar-refractivity contribution < 1.29 is 76.8 Å². The van der Waals surface area contributed by atoms with Gasteiger partial charge in [0.05, 0.1) is 18.8 Å². The van der Waals surface area contributed by atoms with Crippen molar-refractivity contribution in [3.8, 4) is 0 Å². The van der Waals surface area contributed by atoms with E-state index in [2.05, 4.69) is 13.4 Å². The average Bonchev–Trinajstić information content (AvgIpc) is 3.26. The molecule has 21 nitrogen and oxygen atoms in total. The van der Waals surface area contributed by atoms with E-state index < -0.39 is 101 Å². The van der Waals surface area contributed by atoms with Crippen LogP contribution in [0.1, 0.15) is 16.6 Å². The van der Waals surface area contributed by atoms with Crippen molar-refractivity contribution in [3.63, 3.8) is 0 Å². The third-order valence-electron chi connectivity index (χ3n) is 6.56. The van der Waals surface area contributed by atoms with Crippen LogP contribution in [0.4, 0.5) is 5.69 Å². The zero-order chi connectivity index (χ0) is 33.3. The van der Waals surface area contributed by atoms with Crippen LogP contribution in [-0.4, -0.2) is 113 Å². The molecule has 2 fully saturated rings. The smallest absolute Gasteiger partial charge is 0.451 e. The molecule has 23 heteroatoms. The molecule has 250 valence electrons. The van der Waals surface area contributed by atoms with E-state index in [4.69, 9.17) is 19.9 Å². The predicted octanol–water partition coefficient (Wildman–Crippen LogP) is -3.35. The fourth-order valence-corrected chi connectivity index (χ4v) is 6.49. The molecule has 2 aliphatic heterocycles. The first-order chi connectivity index (χ1) is 21.0. The Hall–Kier alpha value is -2.85. The summed E-state index contributed by atoms with van der Waals surface area (Å²) in [4.78, 5) is 58.8. The van der Waals surface area contributed by atoms with Crippen molar-refractivity contribution in [1.29, 1.82) is 0 Å². The second-order valence-corrected chi connectivity index (χ2v) is 12.6. The zero-order valence-corrected chi connectivity index (χ0v) is 24.4. The Labute approximate surface area is 251 Å². The summed E-state index contributed by atoms with van der Waals surface area (Å²) < 4.78 is 54.7. The van der Waals surface area contributed by atoms with Gasteiger partial charge in [-0.15, -0.1) is 0 Å². The minimum Gasteiger partial charge on any atom is -0.451 e. The number of carbonyl (C=O) groups is 1. The summed E-state index contributed by atoms with van der Waals surface area (Å²) in [7, 11) is -11.3. The number of para-hydroxylation sites is 1. The van der Waals surface area contributed by atoms with Gasteiger partial charge in [-0.05, 0) is 12.1 Å². The fraction of sp³-hybridized carbons (Fsp3) is 0.500. The molecule has 2 aliphatic rings. The van der Waals surface area contributed by atoms with Gasteiger partial charge < -0.3 is 55.3 Å². The average molecular weight is 685 g/mol. The van der Waals surface area contributed by atoms with E-state index in [9.17, 15) is 58.8 Å². The number of hydrogen-bond acceptors (Lipinski definition) is 17. The van der Waals surface area contributed by atoms with Gasteiger partial charge in [-0.2, -0.15) is 4.31 Å². The van der Waals surface area contributed by atoms with Crippen molar-refractivity contribution in [2.24, 2.45) is 0 Å². The highest BCUT2D eigenvalue weighted by molar-refractivity contribution is 7.61. The number of aliphatic hydroxyl groups excluding tert-OH is 5. The van der Waals surface area contributed by atoms with Crippen molar-refractivity contribution in [2.75, 3.05) is 18.9 Å². The molecule has 0 aliphatic carbocycles. The number of phosphoric acid groups is 2. The maximum absolute atomic E-state index is 12.8. The Kier molecular flexibility index (Phi) is 10.8. The molecule has 0 radical (unpaired) electrons. The van der Waals surface area contributed by atoms with Crippen LogP contribution in [-0.2, 0) is 36.7 Å². The number of rotatable bonds is 11. The number of anilines is 1. The summed E-state index contributed by atoms with van der Waals surface area (Å²) in [5, 5.41) is 49.7. The van der Waals surface area contributed by atoms with Crippen LogP contribution in [0.15, 0.2) is 46.1 Å². The van der Waals surface area contributed by atoms with Crippen molar-refractivity contribution >= 4 is 27.3 Å². The van der Waals surface area contributed by atoms with Gasteiger partial charge in [0.25, 0.3) is 5.56 Å². The number of benzene rings is 1. The van der Waals surface area contributed by atoms with Gasteiger partial charge in [-0.3, -0.25) is 23.4 Å². The second-order valence-electron chi connectivity index (χ2n) is 9.65. The molecule has 0 bridgehead atoms. The molecule has 0 amide bonds. The number of nitrogen functional groups attached to an aromatic ring is 1. The lowest BCUT2D eigenvalue weighted by Crippen LogP contribution is -2.58. The molecule has 45 heavy (non-hydrogen) atoms. The molecule has 11 atom stereocenters. The van der Waals surface area contributed by atoms with Crippen LogP contribution in [0.25, 0.3) is 0 Å². The SMILES string of the molecule is Nc1ccccc1C(=O)O[C@@H]1[C@H](O)[C@@H](COP(=O)(O)OP(=O)(O)O[C@H]2O[C@H](CO)[C@@H](O)[C@H](O)[C@H]2O)O[C@H]1n1ccc(=O)[nH]c1=O. The van der Waals surface area contributed by atoms with Crippen LogP contribution in [0.5, 0.6) is 0 Å². The van der Waals surface area contributed by atoms with E-state index in [1.165, 1.54) is 24.3 Å². The van der Waals surface area contributed by atoms with E-state index >= 15 is 0 Å². The Balaban J connectivity index is 1.47. The number of hydrogen-bond donors (Lipinski definition) is 9. The molecule has 10 N–H and O–H groups in total. The van der Waals surface area contributed by atoms with Gasteiger partial charge >= 0.3 is 27.3 Å². The molecule has 1 aromatic carbocycles. The lowest BCUT2D eigenvalue weighted by molar-refractivity contribution is -0.280. The zero-order valence-electron chi connectivity index (χ0n) is 22.6. The molecule has 3 heterocycles. The number of carbonyl (C=O) groups excluding carboxylic acids is 1. The van der Waals surface area contributed by atoms with E-state index in [1.54, 1.807) is 0 Å². The van der Waals surface area contributed by atoms with E-state index in [0.717, 1.165) is 16.8 Å². The summed E-state index contributed by atoms with van der Waals surface area (Å²) in [5.74, 6) is -1.06. The molecular formula is C22H29N3O18P2. The highest BCUT2D eigenvalue weighted by atomic mass is 31.3. The highest BCUT2D eigenvalue weighted by Crippen LogP contribution is 2.61. The molecule has 2 saturated heterocycles. The summed E-state index contributed by atoms with van der Waals surface area (Å²) in [5.41, 5.74) is 3.83. The topological polar surface area (TPSA) is 329 Å². The monoisotopic (exact) mass is 685 g/mol. The second kappa shape index (κ2) is 13.9. The van der Waals surface area contributed by atoms with Gasteiger partial charge in [0.15, 0.2) is 18.6 Å². The number of nitrogens with zero attached hydrogens (tertiary/aromatic N) is 1. The van der Waals surface area contributed by atoms with E-state index in [1.807, 2.05) is 4.98 Å². The molecule has 0 saturated carbocycles. The van der Waals surface area contributed by atoms with Crippen molar-refractivity contribution in [1.82, 2.24) is 9.55 Å². The Morgan fingerprint density at radius 3 is 2.29 bits per heavy atom. The van der Waals surface area contributed by atoms with Gasteiger partial charge in [-0.1, -0.05) is 12.1 Å². The normalized spacial score (nSPS) is 32.8. The molecule has 2 unspecified atom stereocenters. The van der Waals surface area contributed by atoms with E-state index in [-0.39, 0.29) is 11.3 Å². The van der Waals surface area contributed by atoms with Crippen molar-refractivity contribution in [2.45, 2.75) is 55.2 Å². The van der Waals surface area contributed by atoms with Gasteiger partial charge in [0, 0.05) is 18.0 Å². The fourth-order valence-electron chi connectivity index (χ4n) is 4.33. The number of H-pyrrole nitrogens is 1. The number of nitrogens with two attached hydrogens (primary N) is 1. The van der Waals surface area contributed by atoms with Crippen LogP contribution < -0.4 is 17.0 Å². The van der Waals surface area contributed by atoms with Crippen LogP contribution >= 0.6 is 15.6 Å². The summed E-state index contributed by atoms with van der Waals surface area (Å²) in [6, 6.07) is 6.61. The molecule has 1 aromatic heterocycles. The highest BCUT2D eigenvalue weighted by Gasteiger charge is 2.51. The van der Waals surface area contributed by atoms with Crippen LogP contribution in [0, 0.1) is 0 Å². The lowest BCUT2D eigenvalue weighted by Gasteiger charge is -2.39. The number of aliphatic hydroxyl groups is 5. The Bertz CT molecular complexity index is 1580. The third kappa shape index (κ3) is 8.12. The van der Waals surface area contributed by atoms with Gasteiger partial charge in [0.1, 0.15) is 36.6 Å². The summed E-state index contributed by atoms with van der Waals surface area (Å²) in [6.07, 6.45) is -15.8. The first kappa shape index (κ1) is 35.0. The number of aromatic nitrogens is 2. The molecule has 0 spiro atoms. The summed E-state index contributed by atoms with van der Waals surface area (Å²) in [6.45, 7) is -2.03. The Morgan fingerprint density at radius 1 is 0.956 bits per heavy atom. The minimum absolute atomic E-state index is 0.00582. The number of esters is 1. The predicted molar refractivity (Wildman–Crippen MR) is 143 cm³/mol. The maximum Gasteiger partial charge on any atom is 0.483 e. The largest absolute Gasteiger partial charge is 0.483 e. The van der Waals surface area contributed by atoms with Crippen LogP contribution in [0.3, 0.4) is 0 Å². The summed E-state index contributed by atoms with van der Waals surface area (Å²) >= 11 is 0. The first-order valence-electron chi connectivity index (χ1n) is 12.7. The molecule has 2 aromatic rings. The van der Waals surface area contributed by atoms with Gasteiger partial charge in [0.2, 0.25) is 0 Å². The number of phosphoric ester groups is 2. The van der Waals surface area contributed by atoms with Gasteiger partial charge in [-0.25, -0.2) is 18.7 Å². The van der Waals surface area contributed by atoms with E-state index in [0.29, 0.717) is 0 Å². The molecule has 4 rings (SSSR count). The Morgan fingerprint density at radius 2 is 1.64 bits per heavy atom. The standard InChI is InChI=1S/C22H29N3O18P2/c23-10-4-2-1-3-9(10)20(32)41-18-15(29)12(39-19(18)25-6-5-13(27)24-22(25)33)8-38-44(34,35)43-45(36,37)42-21-17(31)16(30)14(28)11(7-26)40-21/h1-6,11-12,14-19,21,26,28-31H,7-8,23H2,(H,34,35)(H,36,37)(H,24,27,33)/t11-,12-,14-,15-,16+,17-,18-,19-,21-/m1/s1.